The van der Waals surface area contributed by atoms with E-state index in [2.05, 4.69) is 10.0 Å². The SMILES string of the molecule is Cc1ccc(C)c(NC(=O)CN(C)C(=O)c2cccc(S(=O)(=O)Nc3ccc4c(c3)OCO4)c2)c1. The summed E-state index contributed by atoms with van der Waals surface area (Å²) in [5.74, 6) is 0.129. The minimum absolute atomic E-state index is 0.0752. The summed E-state index contributed by atoms with van der Waals surface area (Å²) in [6.45, 7) is 3.69. The van der Waals surface area contributed by atoms with Gasteiger partial charge in [-0.2, -0.15) is 0 Å². The number of benzene rings is 3. The molecule has 2 N–H and O–H groups in total. The van der Waals surface area contributed by atoms with E-state index in [4.69, 9.17) is 9.47 Å². The number of amides is 2. The molecule has 0 saturated carbocycles. The first-order valence-corrected chi connectivity index (χ1v) is 12.3. The van der Waals surface area contributed by atoms with E-state index in [9.17, 15) is 18.0 Å². The Labute approximate surface area is 203 Å². The van der Waals surface area contributed by atoms with Crippen LogP contribution >= 0.6 is 0 Å². The largest absolute Gasteiger partial charge is 0.454 e. The van der Waals surface area contributed by atoms with E-state index in [1.54, 1.807) is 12.1 Å². The summed E-state index contributed by atoms with van der Waals surface area (Å²) in [7, 11) is -2.50. The fourth-order valence-corrected chi connectivity index (χ4v) is 4.63. The highest BCUT2D eigenvalue weighted by Gasteiger charge is 2.21. The van der Waals surface area contributed by atoms with Crippen molar-refractivity contribution in [2.45, 2.75) is 18.7 Å². The van der Waals surface area contributed by atoms with E-state index in [-0.39, 0.29) is 29.7 Å². The van der Waals surface area contributed by atoms with Crippen molar-refractivity contribution < 1.29 is 27.5 Å². The van der Waals surface area contributed by atoms with Gasteiger partial charge in [0.2, 0.25) is 12.7 Å². The minimum atomic E-state index is -3.98. The van der Waals surface area contributed by atoms with Crippen LogP contribution in [-0.2, 0) is 14.8 Å². The molecule has 9 nitrogen and oxygen atoms in total. The van der Waals surface area contributed by atoms with E-state index in [0.29, 0.717) is 22.9 Å². The molecule has 3 aromatic rings. The van der Waals surface area contributed by atoms with Crippen LogP contribution in [0.15, 0.2) is 65.6 Å². The maximum Gasteiger partial charge on any atom is 0.261 e. The van der Waals surface area contributed by atoms with Gasteiger partial charge in [0, 0.05) is 24.4 Å². The second kappa shape index (κ2) is 9.67. The van der Waals surface area contributed by atoms with Gasteiger partial charge in [-0.1, -0.05) is 18.2 Å². The molecule has 3 aromatic carbocycles. The highest BCUT2D eigenvalue weighted by molar-refractivity contribution is 7.92. The van der Waals surface area contributed by atoms with Gasteiger partial charge in [0.1, 0.15) is 0 Å². The Balaban J connectivity index is 1.44. The van der Waals surface area contributed by atoms with E-state index in [1.807, 2.05) is 32.0 Å². The lowest BCUT2D eigenvalue weighted by atomic mass is 10.1. The van der Waals surface area contributed by atoms with Crippen molar-refractivity contribution in [1.82, 2.24) is 4.90 Å². The van der Waals surface area contributed by atoms with Crippen LogP contribution in [-0.4, -0.2) is 45.5 Å². The van der Waals surface area contributed by atoms with E-state index < -0.39 is 15.9 Å². The van der Waals surface area contributed by atoms with Crippen molar-refractivity contribution in [3.05, 3.63) is 77.4 Å². The summed E-state index contributed by atoms with van der Waals surface area (Å²) >= 11 is 0. The zero-order valence-electron chi connectivity index (χ0n) is 19.5. The van der Waals surface area contributed by atoms with Gasteiger partial charge in [0.15, 0.2) is 11.5 Å². The number of carbonyl (C=O) groups is 2. The topological polar surface area (TPSA) is 114 Å². The molecule has 4 rings (SSSR count). The van der Waals surface area contributed by atoms with Crippen molar-refractivity contribution in [3.8, 4) is 11.5 Å². The van der Waals surface area contributed by atoms with Crippen molar-refractivity contribution in [2.24, 2.45) is 0 Å². The Morgan fingerprint density at radius 1 is 0.971 bits per heavy atom. The van der Waals surface area contributed by atoms with Crippen molar-refractivity contribution >= 4 is 33.2 Å². The number of sulfonamides is 1. The number of anilines is 2. The van der Waals surface area contributed by atoms with Crippen LogP contribution in [0.25, 0.3) is 0 Å². The number of hydrogen-bond acceptors (Lipinski definition) is 6. The van der Waals surface area contributed by atoms with Gasteiger partial charge in [0.25, 0.3) is 15.9 Å². The number of ether oxygens (including phenoxy) is 2. The lowest BCUT2D eigenvalue weighted by Crippen LogP contribution is -2.35. The number of nitrogens with zero attached hydrogens (tertiary/aromatic N) is 1. The zero-order valence-corrected chi connectivity index (χ0v) is 20.3. The van der Waals surface area contributed by atoms with Crippen molar-refractivity contribution in [2.75, 3.05) is 30.4 Å². The van der Waals surface area contributed by atoms with Gasteiger partial charge in [0.05, 0.1) is 17.1 Å². The monoisotopic (exact) mass is 495 g/mol. The Hall–Kier alpha value is -4.05. The maximum atomic E-state index is 12.9. The fourth-order valence-electron chi connectivity index (χ4n) is 3.54. The summed E-state index contributed by atoms with van der Waals surface area (Å²) in [5, 5.41) is 2.81. The minimum Gasteiger partial charge on any atom is -0.454 e. The fraction of sp³-hybridized carbons (Fsp3) is 0.200. The summed E-state index contributed by atoms with van der Waals surface area (Å²) in [5.41, 5.74) is 3.03. The molecule has 2 amide bonds. The predicted octanol–water partition coefficient (Wildman–Crippen LogP) is 3.54. The quantitative estimate of drug-likeness (QED) is 0.518. The molecule has 0 fully saturated rings. The molecule has 0 aliphatic carbocycles. The molecule has 35 heavy (non-hydrogen) atoms. The summed E-state index contributed by atoms with van der Waals surface area (Å²) < 4.78 is 38.8. The highest BCUT2D eigenvalue weighted by atomic mass is 32.2. The number of likely N-dealkylation sites (N-methyl/N-ethyl adjacent to an activating group) is 1. The molecule has 0 spiro atoms. The van der Waals surface area contributed by atoms with E-state index in [0.717, 1.165) is 11.1 Å². The summed E-state index contributed by atoms with van der Waals surface area (Å²) in [6, 6.07) is 16.0. The van der Waals surface area contributed by atoms with Crippen molar-refractivity contribution in [3.63, 3.8) is 0 Å². The van der Waals surface area contributed by atoms with Crippen LogP contribution in [0.5, 0.6) is 11.5 Å². The third-order valence-corrected chi connectivity index (χ3v) is 6.79. The van der Waals surface area contributed by atoms with Gasteiger partial charge >= 0.3 is 0 Å². The molecule has 0 bridgehead atoms. The smallest absolute Gasteiger partial charge is 0.261 e. The first kappa shape index (κ1) is 24.1. The second-order valence-electron chi connectivity index (χ2n) is 8.23. The Morgan fingerprint density at radius 3 is 2.54 bits per heavy atom. The van der Waals surface area contributed by atoms with Crippen LogP contribution < -0.4 is 19.5 Å². The van der Waals surface area contributed by atoms with Crippen LogP contribution in [0, 0.1) is 13.8 Å². The molecule has 0 radical (unpaired) electrons. The zero-order chi connectivity index (χ0) is 25.2. The van der Waals surface area contributed by atoms with E-state index in [1.165, 1.54) is 42.3 Å². The van der Waals surface area contributed by atoms with Crippen LogP contribution in [0.1, 0.15) is 21.5 Å². The number of carbonyl (C=O) groups excluding carboxylic acids is 2. The predicted molar refractivity (Wildman–Crippen MR) is 131 cm³/mol. The first-order valence-electron chi connectivity index (χ1n) is 10.8. The Kier molecular flexibility index (Phi) is 6.65. The first-order chi connectivity index (χ1) is 16.6. The summed E-state index contributed by atoms with van der Waals surface area (Å²) in [4.78, 5) is 26.6. The lowest BCUT2D eigenvalue weighted by molar-refractivity contribution is -0.116. The molecule has 182 valence electrons. The molecule has 1 heterocycles. The van der Waals surface area contributed by atoms with Gasteiger partial charge in [-0.3, -0.25) is 14.3 Å². The second-order valence-corrected chi connectivity index (χ2v) is 9.91. The number of nitrogens with one attached hydrogen (secondary N) is 2. The third-order valence-electron chi connectivity index (χ3n) is 5.41. The van der Waals surface area contributed by atoms with E-state index >= 15 is 0 Å². The van der Waals surface area contributed by atoms with Crippen LogP contribution in [0.2, 0.25) is 0 Å². The number of rotatable bonds is 7. The number of hydrogen-bond donors (Lipinski definition) is 2. The molecule has 1 aliphatic rings. The molecule has 0 aromatic heterocycles. The third kappa shape index (κ3) is 5.55. The molecule has 1 aliphatic heterocycles. The molecular weight excluding hydrogens is 470 g/mol. The van der Waals surface area contributed by atoms with Gasteiger partial charge in [-0.15, -0.1) is 0 Å². The Morgan fingerprint density at radius 2 is 1.74 bits per heavy atom. The Bertz CT molecular complexity index is 1400. The van der Waals surface area contributed by atoms with Gasteiger partial charge in [-0.25, -0.2) is 8.42 Å². The lowest BCUT2D eigenvalue weighted by Gasteiger charge is -2.18. The standard InChI is InChI=1S/C25H25N3O6S/c1-16-7-8-17(2)21(11-16)26-24(29)14-28(3)25(30)18-5-4-6-20(12-18)35(31,32)27-19-9-10-22-23(13-19)34-15-33-22/h4-13,27H,14-15H2,1-3H3,(H,26,29). The molecule has 0 unspecified atom stereocenters. The molecular formula is C25H25N3O6S. The normalized spacial score (nSPS) is 12.2. The molecule has 0 saturated heterocycles. The number of aryl methyl sites for hydroxylation is 2. The molecule has 10 heteroatoms. The van der Waals surface area contributed by atoms with Gasteiger partial charge in [-0.05, 0) is 61.4 Å². The van der Waals surface area contributed by atoms with Crippen LogP contribution in [0.3, 0.4) is 0 Å². The summed E-state index contributed by atoms with van der Waals surface area (Å²) in [6.07, 6.45) is 0. The van der Waals surface area contributed by atoms with Gasteiger partial charge < -0.3 is 19.7 Å². The number of fused-ring (bicyclic) bond motifs is 1. The molecule has 0 atom stereocenters. The maximum absolute atomic E-state index is 12.9. The highest BCUT2D eigenvalue weighted by Crippen LogP contribution is 2.34. The average molecular weight is 496 g/mol. The van der Waals surface area contributed by atoms with Crippen LogP contribution in [0.4, 0.5) is 11.4 Å². The average Bonchev–Trinajstić information content (AvgIpc) is 3.28. The van der Waals surface area contributed by atoms with Crippen molar-refractivity contribution in [1.29, 1.82) is 0 Å².